The number of benzene rings is 2. The minimum atomic E-state index is -4.06. The first kappa shape index (κ1) is 23.4. The van der Waals surface area contributed by atoms with Gasteiger partial charge in [0.05, 0.1) is 20.5 Å². The van der Waals surface area contributed by atoms with Gasteiger partial charge in [0.25, 0.3) is 15.7 Å². The van der Waals surface area contributed by atoms with Crippen molar-refractivity contribution in [1.82, 2.24) is 4.98 Å². The van der Waals surface area contributed by atoms with Crippen molar-refractivity contribution in [3.63, 3.8) is 0 Å². The van der Waals surface area contributed by atoms with Gasteiger partial charge in [-0.25, -0.2) is 13.4 Å². The highest BCUT2D eigenvalue weighted by molar-refractivity contribution is 7.92. The van der Waals surface area contributed by atoms with Gasteiger partial charge in [-0.3, -0.25) is 19.6 Å². The molecule has 3 aromatic rings. The molecule has 1 N–H and O–H groups in total. The molecule has 0 bridgehead atoms. The van der Waals surface area contributed by atoms with Crippen LogP contribution in [-0.2, 0) is 15.4 Å². The minimum Gasteiger partial charge on any atom is -0.287 e. The summed E-state index contributed by atoms with van der Waals surface area (Å²) in [6.07, 6.45) is 1.20. The number of nitro groups is 1. The first-order valence-corrected chi connectivity index (χ1v) is 11.3. The number of rotatable bonds is 6. The molecule has 0 fully saturated rings. The number of sulfonamides is 1. The molecule has 0 radical (unpaired) electrons. The lowest BCUT2D eigenvalue weighted by atomic mass is 9.87. The number of hydrogen-bond acceptors (Lipinski definition) is 6. The van der Waals surface area contributed by atoms with Gasteiger partial charge in [0, 0.05) is 23.9 Å². The second kappa shape index (κ2) is 8.68. The van der Waals surface area contributed by atoms with E-state index in [1.165, 1.54) is 42.6 Å². The molecule has 32 heavy (non-hydrogen) atoms. The Labute approximate surface area is 190 Å². The predicted octanol–water partition coefficient (Wildman–Crippen LogP) is 4.97. The maximum absolute atomic E-state index is 13.0. The second-order valence-electron chi connectivity index (χ2n) is 8.07. The largest absolute Gasteiger partial charge is 0.287 e. The molecule has 1 aromatic heterocycles. The number of nitrogens with one attached hydrogen (secondary N) is 1. The molecule has 0 saturated carbocycles. The number of ketones is 1. The fourth-order valence-corrected chi connectivity index (χ4v) is 4.15. The first-order valence-electron chi connectivity index (χ1n) is 9.46. The van der Waals surface area contributed by atoms with Crippen molar-refractivity contribution in [2.45, 2.75) is 31.1 Å². The Balaban J connectivity index is 1.99. The molecule has 0 aliphatic rings. The van der Waals surface area contributed by atoms with Gasteiger partial charge in [0.1, 0.15) is 5.69 Å². The van der Waals surface area contributed by atoms with Crippen molar-refractivity contribution in [3.8, 4) is 0 Å². The molecule has 0 spiro atoms. The summed E-state index contributed by atoms with van der Waals surface area (Å²) in [5, 5.41) is 11.1. The molecule has 0 aliphatic carbocycles. The third kappa shape index (κ3) is 5.12. The molecule has 166 valence electrons. The number of anilines is 1. The standard InChI is InChI=1S/C22H20ClN3O5S/c1-22(2,3)15-7-9-18(10-8-15)32(30,31)25-19-12-16(23)13-24-20(19)21(27)14-5-4-6-17(11-14)26(28)29/h4-13,25H,1-3H3. The topological polar surface area (TPSA) is 119 Å². The van der Waals surface area contributed by atoms with Gasteiger partial charge in [-0.1, -0.05) is 56.6 Å². The van der Waals surface area contributed by atoms with Crippen molar-refractivity contribution in [1.29, 1.82) is 0 Å². The smallest absolute Gasteiger partial charge is 0.270 e. The summed E-state index contributed by atoms with van der Waals surface area (Å²) in [5.74, 6) is -0.689. The number of carbonyl (C=O) groups excluding carboxylic acids is 1. The van der Waals surface area contributed by atoms with Gasteiger partial charge in [0.2, 0.25) is 5.78 Å². The zero-order chi connectivity index (χ0) is 23.7. The lowest BCUT2D eigenvalue weighted by molar-refractivity contribution is -0.384. The van der Waals surface area contributed by atoms with Crippen LogP contribution in [0.1, 0.15) is 42.4 Å². The van der Waals surface area contributed by atoms with Gasteiger partial charge in [-0.05, 0) is 29.2 Å². The number of aromatic nitrogens is 1. The van der Waals surface area contributed by atoms with E-state index in [1.54, 1.807) is 12.1 Å². The third-order valence-electron chi connectivity index (χ3n) is 4.66. The van der Waals surface area contributed by atoms with Gasteiger partial charge >= 0.3 is 0 Å². The molecular weight excluding hydrogens is 454 g/mol. The van der Waals surface area contributed by atoms with E-state index in [0.29, 0.717) is 0 Å². The maximum Gasteiger partial charge on any atom is 0.270 e. The zero-order valence-corrected chi connectivity index (χ0v) is 19.1. The van der Waals surface area contributed by atoms with Crippen molar-refractivity contribution in [2.75, 3.05) is 4.72 Å². The van der Waals surface area contributed by atoms with Crippen LogP contribution in [-0.4, -0.2) is 24.1 Å². The number of carbonyl (C=O) groups is 1. The average Bonchev–Trinajstić information content (AvgIpc) is 2.72. The van der Waals surface area contributed by atoms with Gasteiger partial charge < -0.3 is 0 Å². The van der Waals surface area contributed by atoms with E-state index in [0.717, 1.165) is 11.6 Å². The Morgan fingerprint density at radius 2 is 1.75 bits per heavy atom. The number of non-ortho nitro benzene ring substituents is 1. The number of nitro benzene ring substituents is 1. The number of pyridine rings is 1. The molecular formula is C22H20ClN3O5S. The summed E-state index contributed by atoms with van der Waals surface area (Å²) in [7, 11) is -4.06. The molecule has 8 nitrogen and oxygen atoms in total. The molecule has 0 unspecified atom stereocenters. The summed E-state index contributed by atoms with van der Waals surface area (Å²) in [6.45, 7) is 6.04. The van der Waals surface area contributed by atoms with E-state index < -0.39 is 20.7 Å². The van der Waals surface area contributed by atoms with Crippen LogP contribution < -0.4 is 4.72 Å². The number of halogens is 1. The maximum atomic E-state index is 13.0. The van der Waals surface area contributed by atoms with Crippen molar-refractivity contribution < 1.29 is 18.1 Å². The molecule has 2 aromatic carbocycles. The Morgan fingerprint density at radius 3 is 2.34 bits per heavy atom. The van der Waals surface area contributed by atoms with Crippen LogP contribution >= 0.6 is 11.6 Å². The SMILES string of the molecule is CC(C)(C)c1ccc(S(=O)(=O)Nc2cc(Cl)cnc2C(=O)c2cccc([N+](=O)[O-])c2)cc1. The summed E-state index contributed by atoms with van der Waals surface area (Å²) >= 11 is 5.98. The summed E-state index contributed by atoms with van der Waals surface area (Å²) < 4.78 is 28.3. The highest BCUT2D eigenvalue weighted by atomic mass is 35.5. The predicted molar refractivity (Wildman–Crippen MR) is 122 cm³/mol. The normalized spacial score (nSPS) is 11.8. The van der Waals surface area contributed by atoms with Crippen LogP contribution in [0.5, 0.6) is 0 Å². The molecule has 0 saturated heterocycles. The van der Waals surface area contributed by atoms with E-state index in [1.807, 2.05) is 20.8 Å². The van der Waals surface area contributed by atoms with Crippen molar-refractivity contribution in [3.05, 3.63) is 92.8 Å². The van der Waals surface area contributed by atoms with Crippen LogP contribution in [0.3, 0.4) is 0 Å². The van der Waals surface area contributed by atoms with Crippen LogP contribution in [0.15, 0.2) is 65.7 Å². The third-order valence-corrected chi connectivity index (χ3v) is 6.25. The Kier molecular flexibility index (Phi) is 6.34. The molecule has 0 atom stereocenters. The number of nitrogens with zero attached hydrogens (tertiary/aromatic N) is 2. The summed E-state index contributed by atoms with van der Waals surface area (Å²) in [4.78, 5) is 27.3. The van der Waals surface area contributed by atoms with Crippen LogP contribution in [0.2, 0.25) is 5.02 Å². The average molecular weight is 474 g/mol. The second-order valence-corrected chi connectivity index (χ2v) is 10.2. The molecule has 3 rings (SSSR count). The monoisotopic (exact) mass is 473 g/mol. The van der Waals surface area contributed by atoms with Gasteiger partial charge in [0.15, 0.2) is 0 Å². The summed E-state index contributed by atoms with van der Waals surface area (Å²) in [5.41, 5.74) is 0.167. The Hall–Kier alpha value is -3.30. The van der Waals surface area contributed by atoms with Crippen LogP contribution in [0.4, 0.5) is 11.4 Å². The van der Waals surface area contributed by atoms with Crippen LogP contribution in [0, 0.1) is 10.1 Å². The lowest BCUT2D eigenvalue weighted by Gasteiger charge is -2.19. The molecule has 10 heteroatoms. The van der Waals surface area contributed by atoms with Gasteiger partial charge in [-0.2, -0.15) is 0 Å². The van der Waals surface area contributed by atoms with Crippen LogP contribution in [0.25, 0.3) is 0 Å². The van der Waals surface area contributed by atoms with E-state index >= 15 is 0 Å². The fraction of sp³-hybridized carbons (Fsp3) is 0.182. The minimum absolute atomic E-state index is 0.000719. The zero-order valence-electron chi connectivity index (χ0n) is 17.5. The lowest BCUT2D eigenvalue weighted by Crippen LogP contribution is -2.18. The van der Waals surface area contributed by atoms with E-state index in [2.05, 4.69) is 9.71 Å². The van der Waals surface area contributed by atoms with E-state index in [4.69, 9.17) is 11.6 Å². The summed E-state index contributed by atoms with van der Waals surface area (Å²) in [6, 6.07) is 12.8. The molecule has 0 aliphatic heterocycles. The Morgan fingerprint density at radius 1 is 1.09 bits per heavy atom. The molecule has 1 heterocycles. The molecule has 0 amide bonds. The van der Waals surface area contributed by atoms with E-state index in [-0.39, 0.29) is 38.0 Å². The van der Waals surface area contributed by atoms with Gasteiger partial charge in [-0.15, -0.1) is 0 Å². The fourth-order valence-electron chi connectivity index (χ4n) is 2.93. The Bertz CT molecular complexity index is 1300. The highest BCUT2D eigenvalue weighted by Gasteiger charge is 2.23. The quantitative estimate of drug-likeness (QED) is 0.306. The van der Waals surface area contributed by atoms with Crippen molar-refractivity contribution >= 4 is 38.8 Å². The highest BCUT2D eigenvalue weighted by Crippen LogP contribution is 2.27. The number of hydrogen-bond donors (Lipinski definition) is 1. The van der Waals surface area contributed by atoms with Crippen molar-refractivity contribution in [2.24, 2.45) is 0 Å². The van der Waals surface area contributed by atoms with E-state index in [9.17, 15) is 23.3 Å². The first-order chi connectivity index (χ1) is 14.9.